The van der Waals surface area contributed by atoms with Crippen LogP contribution in [0.3, 0.4) is 0 Å². The SMILES string of the molecule is CC(N)c1cc(/C=C/c2cccc(N3C[C@@H](C)O[C@@H](C)C3)n2)ccn1. The molecule has 2 aromatic rings. The van der Waals surface area contributed by atoms with Crippen molar-refractivity contribution >= 4 is 18.0 Å². The maximum atomic E-state index is 5.90. The molecule has 0 radical (unpaired) electrons. The number of pyridine rings is 2. The van der Waals surface area contributed by atoms with Gasteiger partial charge in [-0.05, 0) is 56.7 Å². The van der Waals surface area contributed by atoms with Gasteiger partial charge in [0.05, 0.1) is 23.6 Å². The summed E-state index contributed by atoms with van der Waals surface area (Å²) in [5, 5.41) is 0. The van der Waals surface area contributed by atoms with Gasteiger partial charge in [-0.2, -0.15) is 0 Å². The van der Waals surface area contributed by atoms with Crippen LogP contribution in [-0.4, -0.2) is 35.3 Å². The molecule has 1 unspecified atom stereocenters. The molecule has 0 spiro atoms. The van der Waals surface area contributed by atoms with Crippen LogP contribution in [-0.2, 0) is 4.74 Å². The Morgan fingerprint density at radius 3 is 2.68 bits per heavy atom. The van der Waals surface area contributed by atoms with Gasteiger partial charge in [-0.3, -0.25) is 4.98 Å². The number of nitrogens with two attached hydrogens (primary N) is 1. The zero-order chi connectivity index (χ0) is 17.8. The Balaban J connectivity index is 1.76. The van der Waals surface area contributed by atoms with Gasteiger partial charge < -0.3 is 15.4 Å². The Morgan fingerprint density at radius 1 is 1.20 bits per heavy atom. The van der Waals surface area contributed by atoms with E-state index in [9.17, 15) is 0 Å². The van der Waals surface area contributed by atoms with E-state index in [0.717, 1.165) is 35.9 Å². The third kappa shape index (κ3) is 4.65. The van der Waals surface area contributed by atoms with E-state index >= 15 is 0 Å². The maximum absolute atomic E-state index is 5.90. The minimum Gasteiger partial charge on any atom is -0.372 e. The van der Waals surface area contributed by atoms with Gasteiger partial charge in [0.15, 0.2) is 0 Å². The molecule has 1 saturated heterocycles. The first-order chi connectivity index (χ1) is 12.0. The highest BCUT2D eigenvalue weighted by molar-refractivity contribution is 5.68. The molecule has 1 fully saturated rings. The lowest BCUT2D eigenvalue weighted by Crippen LogP contribution is -2.45. The van der Waals surface area contributed by atoms with Crippen LogP contribution in [0, 0.1) is 0 Å². The molecule has 3 atom stereocenters. The lowest BCUT2D eigenvalue weighted by Gasteiger charge is -2.36. The average molecular weight is 338 g/mol. The molecule has 0 amide bonds. The van der Waals surface area contributed by atoms with Crippen molar-refractivity contribution in [3.8, 4) is 0 Å². The lowest BCUT2D eigenvalue weighted by molar-refractivity contribution is -0.00546. The standard InChI is InChI=1S/C20H26N4O/c1-14-12-24(13-15(2)25-14)20-6-4-5-18(23-20)8-7-17-9-10-22-19(11-17)16(3)21/h4-11,14-16H,12-13,21H2,1-3H3/b8-7+/t14-,15+,16?. The van der Waals surface area contributed by atoms with Crippen LogP contribution in [0.2, 0.25) is 0 Å². The number of ether oxygens (including phenoxy) is 1. The molecule has 5 nitrogen and oxygen atoms in total. The summed E-state index contributed by atoms with van der Waals surface area (Å²) in [7, 11) is 0. The van der Waals surface area contributed by atoms with Crippen LogP contribution in [0.25, 0.3) is 12.2 Å². The predicted octanol–water partition coefficient (Wildman–Crippen LogP) is 3.28. The van der Waals surface area contributed by atoms with Crippen molar-refractivity contribution in [2.24, 2.45) is 5.73 Å². The summed E-state index contributed by atoms with van der Waals surface area (Å²) in [6.45, 7) is 7.88. The molecule has 3 heterocycles. The number of morpholine rings is 1. The Labute approximate surface area is 149 Å². The van der Waals surface area contributed by atoms with Crippen LogP contribution in [0.15, 0.2) is 36.5 Å². The van der Waals surface area contributed by atoms with Crippen LogP contribution >= 0.6 is 0 Å². The molecule has 0 saturated carbocycles. The largest absolute Gasteiger partial charge is 0.372 e. The van der Waals surface area contributed by atoms with Crippen LogP contribution in [0.5, 0.6) is 0 Å². The van der Waals surface area contributed by atoms with Crippen LogP contribution in [0.1, 0.15) is 43.8 Å². The maximum Gasteiger partial charge on any atom is 0.129 e. The smallest absolute Gasteiger partial charge is 0.129 e. The number of nitrogens with zero attached hydrogens (tertiary/aromatic N) is 3. The second kappa shape index (κ2) is 7.76. The predicted molar refractivity (Wildman–Crippen MR) is 102 cm³/mol. The van der Waals surface area contributed by atoms with Gasteiger partial charge in [-0.15, -0.1) is 0 Å². The quantitative estimate of drug-likeness (QED) is 0.927. The van der Waals surface area contributed by atoms with Crippen LogP contribution < -0.4 is 10.6 Å². The molecule has 2 N–H and O–H groups in total. The van der Waals surface area contributed by atoms with Gasteiger partial charge in [0.1, 0.15) is 5.82 Å². The van der Waals surface area contributed by atoms with Gasteiger partial charge in [-0.25, -0.2) is 4.98 Å². The van der Waals surface area contributed by atoms with E-state index in [1.165, 1.54) is 0 Å². The number of aromatic nitrogens is 2. The zero-order valence-corrected chi connectivity index (χ0v) is 15.1. The molecule has 1 aliphatic heterocycles. The molecule has 1 aliphatic rings. The van der Waals surface area contributed by atoms with Crippen LogP contribution in [0.4, 0.5) is 5.82 Å². The third-order valence-electron chi connectivity index (χ3n) is 4.22. The zero-order valence-electron chi connectivity index (χ0n) is 15.1. The average Bonchev–Trinajstić information content (AvgIpc) is 2.59. The van der Waals surface area contributed by atoms with Crippen molar-refractivity contribution in [3.63, 3.8) is 0 Å². The first-order valence-corrected chi connectivity index (χ1v) is 8.78. The Hall–Kier alpha value is -2.24. The summed E-state index contributed by atoms with van der Waals surface area (Å²) in [4.78, 5) is 11.4. The molecule has 5 heteroatoms. The van der Waals surface area contributed by atoms with E-state index in [-0.39, 0.29) is 18.2 Å². The lowest BCUT2D eigenvalue weighted by atomic mass is 10.1. The first kappa shape index (κ1) is 17.6. The molecule has 25 heavy (non-hydrogen) atoms. The summed E-state index contributed by atoms with van der Waals surface area (Å²) in [6.07, 6.45) is 6.30. The molecule has 0 aromatic carbocycles. The fourth-order valence-corrected chi connectivity index (χ4v) is 3.07. The highest BCUT2D eigenvalue weighted by atomic mass is 16.5. The summed E-state index contributed by atoms with van der Waals surface area (Å²) in [6, 6.07) is 10.0. The van der Waals surface area contributed by atoms with E-state index in [2.05, 4.69) is 29.8 Å². The number of hydrogen-bond acceptors (Lipinski definition) is 5. The monoisotopic (exact) mass is 338 g/mol. The fraction of sp³-hybridized carbons (Fsp3) is 0.400. The normalized spacial score (nSPS) is 22.3. The van der Waals surface area contributed by atoms with E-state index in [4.69, 9.17) is 15.5 Å². The van der Waals surface area contributed by atoms with E-state index in [0.29, 0.717) is 0 Å². The second-order valence-corrected chi connectivity index (χ2v) is 6.72. The molecule has 3 rings (SSSR count). The second-order valence-electron chi connectivity index (χ2n) is 6.72. The number of anilines is 1. The van der Waals surface area contributed by atoms with Crippen molar-refractivity contribution in [1.29, 1.82) is 0 Å². The molecule has 0 bridgehead atoms. The number of hydrogen-bond donors (Lipinski definition) is 1. The van der Waals surface area contributed by atoms with Gasteiger partial charge in [-0.1, -0.05) is 12.1 Å². The molecule has 2 aromatic heterocycles. The van der Waals surface area contributed by atoms with Crippen molar-refractivity contribution in [2.75, 3.05) is 18.0 Å². The van der Waals surface area contributed by atoms with Crippen molar-refractivity contribution in [1.82, 2.24) is 9.97 Å². The Kier molecular flexibility index (Phi) is 5.46. The van der Waals surface area contributed by atoms with Gasteiger partial charge in [0.25, 0.3) is 0 Å². The van der Waals surface area contributed by atoms with E-state index in [1.807, 2.05) is 43.3 Å². The topological polar surface area (TPSA) is 64.3 Å². The van der Waals surface area contributed by atoms with Gasteiger partial charge in [0.2, 0.25) is 0 Å². The minimum atomic E-state index is -0.0693. The van der Waals surface area contributed by atoms with E-state index in [1.54, 1.807) is 6.20 Å². The van der Waals surface area contributed by atoms with Gasteiger partial charge >= 0.3 is 0 Å². The Bertz CT molecular complexity index is 734. The minimum absolute atomic E-state index is 0.0693. The number of rotatable bonds is 4. The Morgan fingerprint density at radius 2 is 1.96 bits per heavy atom. The highest BCUT2D eigenvalue weighted by Crippen LogP contribution is 2.19. The molecular formula is C20H26N4O. The summed E-state index contributed by atoms with van der Waals surface area (Å²) in [5.41, 5.74) is 8.80. The van der Waals surface area contributed by atoms with Crippen molar-refractivity contribution < 1.29 is 4.74 Å². The first-order valence-electron chi connectivity index (χ1n) is 8.78. The van der Waals surface area contributed by atoms with Crippen molar-refractivity contribution in [3.05, 3.63) is 53.5 Å². The fourth-order valence-electron chi connectivity index (χ4n) is 3.07. The van der Waals surface area contributed by atoms with Gasteiger partial charge in [0, 0.05) is 25.3 Å². The summed E-state index contributed by atoms with van der Waals surface area (Å²) in [5.74, 6) is 0.996. The molecular weight excluding hydrogens is 312 g/mol. The molecule has 132 valence electrons. The van der Waals surface area contributed by atoms with E-state index < -0.39 is 0 Å². The van der Waals surface area contributed by atoms with Crippen molar-refractivity contribution in [2.45, 2.75) is 39.0 Å². The summed E-state index contributed by atoms with van der Waals surface area (Å²) < 4.78 is 5.80. The molecule has 0 aliphatic carbocycles. The summed E-state index contributed by atoms with van der Waals surface area (Å²) >= 11 is 0. The highest BCUT2D eigenvalue weighted by Gasteiger charge is 2.23. The third-order valence-corrected chi connectivity index (χ3v) is 4.22.